The summed E-state index contributed by atoms with van der Waals surface area (Å²) in [4.78, 5) is 40.7. The molecule has 0 aromatic carbocycles. The number of urea groups is 1. The van der Waals surface area contributed by atoms with Crippen molar-refractivity contribution in [2.75, 3.05) is 26.3 Å². The van der Waals surface area contributed by atoms with Gasteiger partial charge in [0, 0.05) is 6.54 Å². The highest BCUT2D eigenvalue weighted by atomic mass is 16.7. The summed E-state index contributed by atoms with van der Waals surface area (Å²) in [6.45, 7) is 1.49. The smallest absolute Gasteiger partial charge is 0.325 e. The number of ether oxygens (including phenoxy) is 2. The topological polar surface area (TPSA) is 88.2 Å². The van der Waals surface area contributed by atoms with Crippen LogP contribution >= 0.6 is 0 Å². The van der Waals surface area contributed by atoms with Crippen molar-refractivity contribution in [3.63, 3.8) is 0 Å². The number of hydrogen-bond donors (Lipinski definition) is 1. The van der Waals surface area contributed by atoms with Crippen LogP contribution < -0.4 is 5.32 Å². The Balaban J connectivity index is 1.45. The maximum absolute atomic E-state index is 12.9. The van der Waals surface area contributed by atoms with Gasteiger partial charge >= 0.3 is 6.03 Å². The normalized spacial score (nSPS) is 29.7. The highest BCUT2D eigenvalue weighted by molar-refractivity contribution is 6.09. The van der Waals surface area contributed by atoms with E-state index in [4.69, 9.17) is 9.47 Å². The van der Waals surface area contributed by atoms with Crippen LogP contribution in [0.4, 0.5) is 4.79 Å². The highest BCUT2D eigenvalue weighted by Crippen LogP contribution is 2.35. The number of rotatable bonds is 3. The molecule has 1 unspecified atom stereocenters. The van der Waals surface area contributed by atoms with Crippen molar-refractivity contribution in [1.82, 2.24) is 15.1 Å². The molecule has 1 atom stereocenters. The van der Waals surface area contributed by atoms with Crippen LogP contribution in [0.3, 0.4) is 0 Å². The molecule has 0 aromatic rings. The number of nitrogens with one attached hydrogen (secondary N) is 1. The lowest BCUT2D eigenvalue weighted by atomic mass is 9.98. The second kappa shape index (κ2) is 6.57. The molecule has 0 bridgehead atoms. The van der Waals surface area contributed by atoms with Crippen molar-refractivity contribution < 1.29 is 23.9 Å². The maximum Gasteiger partial charge on any atom is 0.325 e. The number of hydrogen-bond acceptors (Lipinski definition) is 5. The fraction of sp³-hybridized carbons (Fsp3) is 0.824. The third-order valence-corrected chi connectivity index (χ3v) is 5.83. The first-order valence-electron chi connectivity index (χ1n) is 9.27. The molecule has 4 rings (SSSR count). The van der Waals surface area contributed by atoms with E-state index in [2.05, 4.69) is 5.32 Å². The van der Waals surface area contributed by atoms with Crippen molar-refractivity contribution in [3.05, 3.63) is 0 Å². The van der Waals surface area contributed by atoms with E-state index in [0.29, 0.717) is 32.6 Å². The number of likely N-dealkylation sites (tertiary alicyclic amines) is 1. The summed E-state index contributed by atoms with van der Waals surface area (Å²) in [6.07, 6.45) is 5.55. The monoisotopic (exact) mass is 351 g/mol. The highest BCUT2D eigenvalue weighted by Gasteiger charge is 2.53. The van der Waals surface area contributed by atoms with E-state index < -0.39 is 17.9 Å². The van der Waals surface area contributed by atoms with Gasteiger partial charge in [-0.25, -0.2) is 4.79 Å². The SMILES string of the molecule is O=C1NC2(CCCC2)C(=O)N1CC(=O)N1CCCCC1C1OCCO1. The standard InChI is InChI=1S/C17H25N3O5/c21-13(19-8-4-1-5-12(19)14-24-9-10-25-14)11-20-15(22)17(18-16(20)23)6-2-3-7-17/h12,14H,1-11H2,(H,18,23). The molecule has 25 heavy (non-hydrogen) atoms. The Morgan fingerprint density at radius 2 is 1.84 bits per heavy atom. The molecule has 0 aromatic heterocycles. The lowest BCUT2D eigenvalue weighted by Crippen LogP contribution is -2.53. The molecule has 1 N–H and O–H groups in total. The average molecular weight is 351 g/mol. The van der Waals surface area contributed by atoms with Gasteiger partial charge in [0.15, 0.2) is 6.29 Å². The molecule has 4 aliphatic rings. The Morgan fingerprint density at radius 1 is 1.12 bits per heavy atom. The van der Waals surface area contributed by atoms with Gasteiger partial charge in [-0.3, -0.25) is 14.5 Å². The van der Waals surface area contributed by atoms with Gasteiger partial charge < -0.3 is 19.7 Å². The van der Waals surface area contributed by atoms with Crippen molar-refractivity contribution in [2.24, 2.45) is 0 Å². The largest absolute Gasteiger partial charge is 0.348 e. The summed E-state index contributed by atoms with van der Waals surface area (Å²) < 4.78 is 11.2. The summed E-state index contributed by atoms with van der Waals surface area (Å²) in [5, 5.41) is 2.82. The lowest BCUT2D eigenvalue weighted by Gasteiger charge is -2.38. The van der Waals surface area contributed by atoms with E-state index >= 15 is 0 Å². The molecule has 3 heterocycles. The van der Waals surface area contributed by atoms with Crippen LogP contribution in [0.2, 0.25) is 0 Å². The molecule has 4 amide bonds. The molecule has 4 fully saturated rings. The van der Waals surface area contributed by atoms with Crippen LogP contribution in [0.5, 0.6) is 0 Å². The van der Waals surface area contributed by atoms with Crippen LogP contribution in [0.25, 0.3) is 0 Å². The van der Waals surface area contributed by atoms with Crippen LogP contribution in [-0.2, 0) is 19.1 Å². The van der Waals surface area contributed by atoms with Gasteiger partial charge in [-0.1, -0.05) is 12.8 Å². The number of carbonyl (C=O) groups excluding carboxylic acids is 3. The average Bonchev–Trinajstić information content (AvgIpc) is 3.34. The van der Waals surface area contributed by atoms with Crippen molar-refractivity contribution in [3.8, 4) is 0 Å². The predicted octanol–water partition coefficient (Wildman–Crippen LogP) is 0.605. The first kappa shape index (κ1) is 16.8. The number of carbonyl (C=O) groups is 3. The minimum Gasteiger partial charge on any atom is -0.348 e. The van der Waals surface area contributed by atoms with Crippen molar-refractivity contribution in [1.29, 1.82) is 0 Å². The molecular weight excluding hydrogens is 326 g/mol. The second-order valence-corrected chi connectivity index (χ2v) is 7.37. The molecule has 138 valence electrons. The Hall–Kier alpha value is -1.67. The van der Waals surface area contributed by atoms with Crippen LogP contribution in [0.15, 0.2) is 0 Å². The summed E-state index contributed by atoms with van der Waals surface area (Å²) in [5.74, 6) is -0.451. The van der Waals surface area contributed by atoms with Gasteiger partial charge in [0.2, 0.25) is 5.91 Å². The van der Waals surface area contributed by atoms with E-state index in [1.54, 1.807) is 4.90 Å². The quantitative estimate of drug-likeness (QED) is 0.753. The zero-order valence-electron chi connectivity index (χ0n) is 14.4. The number of piperidine rings is 1. The van der Waals surface area contributed by atoms with E-state index in [1.165, 1.54) is 0 Å². The maximum atomic E-state index is 12.9. The molecule has 8 heteroatoms. The molecular formula is C17H25N3O5. The van der Waals surface area contributed by atoms with Crippen molar-refractivity contribution >= 4 is 17.8 Å². The molecule has 3 saturated heterocycles. The van der Waals surface area contributed by atoms with Gasteiger partial charge in [0.05, 0.1) is 19.3 Å². The molecule has 8 nitrogen and oxygen atoms in total. The molecule has 3 aliphatic heterocycles. The number of amides is 4. The summed E-state index contributed by atoms with van der Waals surface area (Å²) in [6, 6.07) is -0.577. The zero-order valence-corrected chi connectivity index (χ0v) is 14.4. The van der Waals surface area contributed by atoms with Gasteiger partial charge in [-0.2, -0.15) is 0 Å². The van der Waals surface area contributed by atoms with Gasteiger partial charge in [0.1, 0.15) is 12.1 Å². The van der Waals surface area contributed by atoms with Crippen LogP contribution in [0.1, 0.15) is 44.9 Å². The van der Waals surface area contributed by atoms with E-state index in [1.807, 2.05) is 0 Å². The van der Waals surface area contributed by atoms with Gasteiger partial charge in [-0.05, 0) is 32.1 Å². The fourth-order valence-electron chi connectivity index (χ4n) is 4.51. The third kappa shape index (κ3) is 2.91. The Labute approximate surface area is 146 Å². The first-order chi connectivity index (χ1) is 12.1. The molecule has 1 aliphatic carbocycles. The minimum absolute atomic E-state index is 0.134. The molecule has 0 radical (unpaired) electrons. The zero-order chi connectivity index (χ0) is 17.4. The van der Waals surface area contributed by atoms with E-state index in [0.717, 1.165) is 37.0 Å². The third-order valence-electron chi connectivity index (χ3n) is 5.83. The number of imide groups is 1. The van der Waals surface area contributed by atoms with Crippen molar-refractivity contribution in [2.45, 2.75) is 62.8 Å². The van der Waals surface area contributed by atoms with Gasteiger partial charge in [0.25, 0.3) is 5.91 Å². The summed E-state index contributed by atoms with van der Waals surface area (Å²) in [7, 11) is 0. The summed E-state index contributed by atoms with van der Waals surface area (Å²) >= 11 is 0. The van der Waals surface area contributed by atoms with Crippen LogP contribution in [0, 0.1) is 0 Å². The Bertz CT molecular complexity index is 569. The molecule has 1 spiro atoms. The van der Waals surface area contributed by atoms with E-state index in [9.17, 15) is 14.4 Å². The Kier molecular flexibility index (Phi) is 4.41. The molecule has 1 saturated carbocycles. The second-order valence-electron chi connectivity index (χ2n) is 7.37. The van der Waals surface area contributed by atoms with Crippen LogP contribution in [-0.4, -0.2) is 71.8 Å². The fourth-order valence-corrected chi connectivity index (χ4v) is 4.51. The first-order valence-corrected chi connectivity index (χ1v) is 9.27. The predicted molar refractivity (Wildman–Crippen MR) is 86.5 cm³/mol. The Morgan fingerprint density at radius 3 is 2.56 bits per heavy atom. The van der Waals surface area contributed by atoms with E-state index in [-0.39, 0.29) is 24.4 Å². The summed E-state index contributed by atoms with van der Waals surface area (Å²) in [5.41, 5.74) is -0.768. The number of nitrogens with zero attached hydrogens (tertiary/aromatic N) is 2. The van der Waals surface area contributed by atoms with Gasteiger partial charge in [-0.15, -0.1) is 0 Å². The minimum atomic E-state index is -0.768. The lowest BCUT2D eigenvalue weighted by molar-refractivity contribution is -0.152.